The molecule has 0 bridgehead atoms. The molecule has 1 fully saturated rings. The van der Waals surface area contributed by atoms with E-state index in [1.54, 1.807) is 0 Å². The third-order valence-corrected chi connectivity index (χ3v) is 3.13. The van der Waals surface area contributed by atoms with Crippen LogP contribution in [0, 0.1) is 0 Å². The van der Waals surface area contributed by atoms with E-state index < -0.39 is 0 Å². The van der Waals surface area contributed by atoms with Gasteiger partial charge in [0.25, 0.3) is 0 Å². The van der Waals surface area contributed by atoms with E-state index in [-0.39, 0.29) is 6.29 Å². The van der Waals surface area contributed by atoms with E-state index in [4.69, 9.17) is 9.47 Å². The second kappa shape index (κ2) is 7.24. The third kappa shape index (κ3) is 4.98. The topological polar surface area (TPSA) is 18.5 Å². The number of ether oxygens (including phenoxy) is 2. The summed E-state index contributed by atoms with van der Waals surface area (Å²) in [7, 11) is 0. The maximum Gasteiger partial charge on any atom is 0.155 e. The summed E-state index contributed by atoms with van der Waals surface area (Å²) < 4.78 is 11.4. The Morgan fingerprint density at radius 1 is 1.00 bits per heavy atom. The Morgan fingerprint density at radius 3 is 2.40 bits per heavy atom. The summed E-state index contributed by atoms with van der Waals surface area (Å²) in [4.78, 5) is 0. The van der Waals surface area contributed by atoms with Crippen LogP contribution in [-0.2, 0) is 9.47 Å². The number of rotatable bonds is 6. The standard InChI is InChI=1S/C13H26O2/c1-4-6-7-8-9-13-10-12(5-2)14-11(3)15-13/h11-13H,4-10H2,1-3H3/t11-,12+,13+/m0/s1. The summed E-state index contributed by atoms with van der Waals surface area (Å²) in [5.41, 5.74) is 0. The molecule has 0 aromatic rings. The van der Waals surface area contributed by atoms with Gasteiger partial charge >= 0.3 is 0 Å². The lowest BCUT2D eigenvalue weighted by atomic mass is 10.0. The largest absolute Gasteiger partial charge is 0.350 e. The van der Waals surface area contributed by atoms with Crippen LogP contribution in [0.25, 0.3) is 0 Å². The molecule has 0 aromatic carbocycles. The van der Waals surface area contributed by atoms with Gasteiger partial charge in [-0.05, 0) is 26.2 Å². The van der Waals surface area contributed by atoms with Crippen molar-refractivity contribution in [1.29, 1.82) is 0 Å². The Balaban J connectivity index is 2.16. The molecule has 0 radical (unpaired) electrons. The molecular weight excluding hydrogens is 188 g/mol. The van der Waals surface area contributed by atoms with Crippen molar-refractivity contribution in [3.8, 4) is 0 Å². The van der Waals surface area contributed by atoms with E-state index in [1.165, 1.54) is 32.1 Å². The van der Waals surface area contributed by atoms with Crippen molar-refractivity contribution in [2.75, 3.05) is 0 Å². The van der Waals surface area contributed by atoms with Crippen LogP contribution >= 0.6 is 0 Å². The van der Waals surface area contributed by atoms with E-state index >= 15 is 0 Å². The monoisotopic (exact) mass is 214 g/mol. The van der Waals surface area contributed by atoms with Gasteiger partial charge in [0.1, 0.15) is 0 Å². The Kier molecular flexibility index (Phi) is 6.26. The predicted molar refractivity (Wildman–Crippen MR) is 62.9 cm³/mol. The Morgan fingerprint density at radius 2 is 1.73 bits per heavy atom. The molecule has 0 spiro atoms. The van der Waals surface area contributed by atoms with Crippen LogP contribution in [0.3, 0.4) is 0 Å². The summed E-state index contributed by atoms with van der Waals surface area (Å²) >= 11 is 0. The molecule has 1 heterocycles. The van der Waals surface area contributed by atoms with Crippen LogP contribution in [-0.4, -0.2) is 18.5 Å². The quantitative estimate of drug-likeness (QED) is 0.625. The molecule has 0 N–H and O–H groups in total. The van der Waals surface area contributed by atoms with Gasteiger partial charge in [-0.1, -0.05) is 39.5 Å². The second-order valence-corrected chi connectivity index (χ2v) is 4.58. The number of hydrogen-bond acceptors (Lipinski definition) is 2. The average molecular weight is 214 g/mol. The highest BCUT2D eigenvalue weighted by Crippen LogP contribution is 2.24. The molecule has 0 unspecified atom stereocenters. The SMILES string of the molecule is CCCCCC[C@@H]1C[C@@H](CC)O[C@H](C)O1. The zero-order valence-electron chi connectivity index (χ0n) is 10.5. The molecule has 0 amide bonds. The summed E-state index contributed by atoms with van der Waals surface area (Å²) in [6, 6.07) is 0. The smallest absolute Gasteiger partial charge is 0.155 e. The molecule has 1 saturated heterocycles. The van der Waals surface area contributed by atoms with Gasteiger partial charge in [-0.15, -0.1) is 0 Å². The first kappa shape index (κ1) is 13.0. The van der Waals surface area contributed by atoms with Gasteiger partial charge < -0.3 is 9.47 Å². The van der Waals surface area contributed by atoms with E-state index in [2.05, 4.69) is 13.8 Å². The molecule has 0 aliphatic carbocycles. The second-order valence-electron chi connectivity index (χ2n) is 4.58. The fraction of sp³-hybridized carbons (Fsp3) is 1.00. The minimum absolute atomic E-state index is 0.000116. The van der Waals surface area contributed by atoms with Gasteiger partial charge in [0.15, 0.2) is 6.29 Å². The Bertz CT molecular complexity index is 159. The van der Waals surface area contributed by atoms with Crippen molar-refractivity contribution in [2.45, 2.75) is 84.2 Å². The molecule has 2 nitrogen and oxygen atoms in total. The van der Waals surface area contributed by atoms with E-state index in [9.17, 15) is 0 Å². The lowest BCUT2D eigenvalue weighted by Crippen LogP contribution is -2.36. The molecule has 15 heavy (non-hydrogen) atoms. The highest BCUT2D eigenvalue weighted by Gasteiger charge is 2.25. The highest BCUT2D eigenvalue weighted by atomic mass is 16.7. The molecule has 90 valence electrons. The van der Waals surface area contributed by atoms with Gasteiger partial charge in [-0.3, -0.25) is 0 Å². The van der Waals surface area contributed by atoms with Crippen LogP contribution in [0.5, 0.6) is 0 Å². The van der Waals surface area contributed by atoms with Crippen molar-refractivity contribution >= 4 is 0 Å². The average Bonchev–Trinajstić information content (AvgIpc) is 2.23. The maximum absolute atomic E-state index is 5.78. The molecule has 2 heteroatoms. The van der Waals surface area contributed by atoms with Gasteiger partial charge in [-0.25, -0.2) is 0 Å². The summed E-state index contributed by atoms with van der Waals surface area (Å²) in [6.45, 7) is 6.46. The molecular formula is C13H26O2. The number of unbranched alkanes of at least 4 members (excludes halogenated alkanes) is 3. The van der Waals surface area contributed by atoms with Crippen LogP contribution in [0.4, 0.5) is 0 Å². The molecule has 0 saturated carbocycles. The van der Waals surface area contributed by atoms with E-state index in [0.29, 0.717) is 12.2 Å². The molecule has 0 aromatic heterocycles. The Labute approximate surface area is 94.3 Å². The van der Waals surface area contributed by atoms with Crippen molar-refractivity contribution in [2.24, 2.45) is 0 Å². The molecule has 1 aliphatic heterocycles. The van der Waals surface area contributed by atoms with Gasteiger partial charge in [0.05, 0.1) is 12.2 Å². The summed E-state index contributed by atoms with van der Waals surface area (Å²) in [6.07, 6.45) is 9.60. The van der Waals surface area contributed by atoms with Gasteiger partial charge in [-0.2, -0.15) is 0 Å². The molecule has 1 rings (SSSR count). The van der Waals surface area contributed by atoms with Gasteiger partial charge in [0, 0.05) is 0 Å². The van der Waals surface area contributed by atoms with Crippen molar-refractivity contribution in [3.05, 3.63) is 0 Å². The van der Waals surface area contributed by atoms with Gasteiger partial charge in [0.2, 0.25) is 0 Å². The first-order valence-electron chi connectivity index (χ1n) is 6.57. The van der Waals surface area contributed by atoms with Crippen LogP contribution < -0.4 is 0 Å². The summed E-state index contributed by atoms with van der Waals surface area (Å²) in [5, 5.41) is 0. The first-order chi connectivity index (χ1) is 7.26. The minimum atomic E-state index is -0.000116. The zero-order valence-corrected chi connectivity index (χ0v) is 10.5. The van der Waals surface area contributed by atoms with Crippen molar-refractivity contribution in [3.63, 3.8) is 0 Å². The van der Waals surface area contributed by atoms with E-state index in [0.717, 1.165) is 12.8 Å². The predicted octanol–water partition coefficient (Wildman–Crippen LogP) is 3.89. The molecule has 3 atom stereocenters. The lowest BCUT2D eigenvalue weighted by Gasteiger charge is -2.33. The third-order valence-electron chi connectivity index (χ3n) is 3.13. The minimum Gasteiger partial charge on any atom is -0.350 e. The van der Waals surface area contributed by atoms with Crippen LogP contribution in [0.15, 0.2) is 0 Å². The fourth-order valence-corrected chi connectivity index (χ4v) is 2.23. The Hall–Kier alpha value is -0.0800. The van der Waals surface area contributed by atoms with Crippen molar-refractivity contribution in [1.82, 2.24) is 0 Å². The first-order valence-corrected chi connectivity index (χ1v) is 6.57. The van der Waals surface area contributed by atoms with Crippen LogP contribution in [0.1, 0.15) is 65.7 Å². The lowest BCUT2D eigenvalue weighted by molar-refractivity contribution is -0.235. The normalized spacial score (nSPS) is 31.8. The summed E-state index contributed by atoms with van der Waals surface area (Å²) in [5.74, 6) is 0. The zero-order chi connectivity index (χ0) is 11.1. The van der Waals surface area contributed by atoms with Crippen LogP contribution in [0.2, 0.25) is 0 Å². The van der Waals surface area contributed by atoms with E-state index in [1.807, 2.05) is 6.92 Å². The number of hydrogen-bond donors (Lipinski definition) is 0. The van der Waals surface area contributed by atoms with Crippen molar-refractivity contribution < 1.29 is 9.47 Å². The maximum atomic E-state index is 5.78. The molecule has 1 aliphatic rings. The highest BCUT2D eigenvalue weighted by molar-refractivity contribution is 4.70. The fourth-order valence-electron chi connectivity index (χ4n) is 2.23.